The van der Waals surface area contributed by atoms with Crippen LogP contribution < -0.4 is 0 Å². The third-order valence-corrected chi connectivity index (χ3v) is 2.63. The van der Waals surface area contributed by atoms with E-state index >= 15 is 0 Å². The molecule has 1 atom stereocenters. The fraction of sp³-hybridized carbons (Fsp3) is 0.231. The Morgan fingerprint density at radius 1 is 1.31 bits per heavy atom. The lowest BCUT2D eigenvalue weighted by atomic mass is 10.1. The Kier molecular flexibility index (Phi) is 3.15. The SMILES string of the molecule is C=CCCC(C=C)n1nnc2ccccc21. The number of rotatable bonds is 5. The number of nitrogens with zero attached hydrogens (tertiary/aromatic N) is 3. The van der Waals surface area contributed by atoms with Gasteiger partial charge in [-0.15, -0.1) is 18.3 Å². The molecular formula is C13H15N3. The van der Waals surface area contributed by atoms with E-state index < -0.39 is 0 Å². The first-order valence-corrected chi connectivity index (χ1v) is 5.40. The molecule has 3 heteroatoms. The van der Waals surface area contributed by atoms with Crippen molar-refractivity contribution in [2.75, 3.05) is 0 Å². The van der Waals surface area contributed by atoms with Gasteiger partial charge in [0.25, 0.3) is 0 Å². The van der Waals surface area contributed by atoms with Crippen LogP contribution in [0.1, 0.15) is 18.9 Å². The molecule has 1 unspecified atom stereocenters. The molecule has 0 bridgehead atoms. The third kappa shape index (κ3) is 1.89. The summed E-state index contributed by atoms with van der Waals surface area (Å²) in [6, 6.07) is 8.14. The molecule has 0 aliphatic carbocycles. The minimum Gasteiger partial charge on any atom is -0.238 e. The van der Waals surface area contributed by atoms with Crippen LogP contribution in [0.3, 0.4) is 0 Å². The monoisotopic (exact) mass is 213 g/mol. The molecule has 0 aliphatic rings. The van der Waals surface area contributed by atoms with Gasteiger partial charge in [-0.3, -0.25) is 0 Å². The average Bonchev–Trinajstić information content (AvgIpc) is 2.75. The van der Waals surface area contributed by atoms with Gasteiger partial charge in [-0.1, -0.05) is 29.5 Å². The van der Waals surface area contributed by atoms with Crippen LogP contribution in [-0.4, -0.2) is 15.0 Å². The van der Waals surface area contributed by atoms with Crippen molar-refractivity contribution in [3.63, 3.8) is 0 Å². The van der Waals surface area contributed by atoms with Crippen LogP contribution in [0.2, 0.25) is 0 Å². The fourth-order valence-electron chi connectivity index (χ4n) is 1.76. The lowest BCUT2D eigenvalue weighted by molar-refractivity contribution is 0.507. The Balaban J connectivity index is 2.37. The van der Waals surface area contributed by atoms with Gasteiger partial charge in [-0.05, 0) is 25.0 Å². The summed E-state index contributed by atoms with van der Waals surface area (Å²) in [6.45, 7) is 7.58. The van der Waals surface area contributed by atoms with E-state index in [9.17, 15) is 0 Å². The Bertz CT molecular complexity index is 499. The van der Waals surface area contributed by atoms with Crippen molar-refractivity contribution in [1.82, 2.24) is 15.0 Å². The lowest BCUT2D eigenvalue weighted by Crippen LogP contribution is -2.07. The number of hydrogen-bond acceptors (Lipinski definition) is 2. The largest absolute Gasteiger partial charge is 0.238 e. The molecule has 1 aromatic heterocycles. The maximum absolute atomic E-state index is 4.18. The number of para-hydroxylation sites is 1. The second kappa shape index (κ2) is 4.75. The Morgan fingerprint density at radius 2 is 2.12 bits per heavy atom. The highest BCUT2D eigenvalue weighted by Gasteiger charge is 2.10. The molecule has 0 N–H and O–H groups in total. The van der Waals surface area contributed by atoms with Crippen LogP contribution in [0, 0.1) is 0 Å². The zero-order chi connectivity index (χ0) is 11.4. The molecule has 1 aromatic carbocycles. The summed E-state index contributed by atoms with van der Waals surface area (Å²) in [5.41, 5.74) is 1.98. The molecule has 0 fully saturated rings. The zero-order valence-corrected chi connectivity index (χ0v) is 9.21. The number of aromatic nitrogens is 3. The van der Waals surface area contributed by atoms with Crippen LogP contribution in [-0.2, 0) is 0 Å². The molecule has 2 aromatic rings. The first kappa shape index (κ1) is 10.6. The van der Waals surface area contributed by atoms with Crippen LogP contribution in [0.15, 0.2) is 49.6 Å². The predicted octanol–water partition coefficient (Wildman–Crippen LogP) is 3.12. The summed E-state index contributed by atoms with van der Waals surface area (Å²) in [6.07, 6.45) is 5.73. The van der Waals surface area contributed by atoms with E-state index in [-0.39, 0.29) is 6.04 Å². The van der Waals surface area contributed by atoms with E-state index in [1.54, 1.807) is 0 Å². The van der Waals surface area contributed by atoms with Gasteiger partial charge in [0.1, 0.15) is 5.52 Å². The summed E-state index contributed by atoms with van der Waals surface area (Å²) < 4.78 is 1.92. The van der Waals surface area contributed by atoms with Crippen molar-refractivity contribution in [1.29, 1.82) is 0 Å². The molecule has 2 rings (SSSR count). The first-order valence-electron chi connectivity index (χ1n) is 5.40. The summed E-state index contributed by atoms with van der Waals surface area (Å²) in [4.78, 5) is 0. The van der Waals surface area contributed by atoms with Gasteiger partial charge in [0, 0.05) is 0 Å². The smallest absolute Gasteiger partial charge is 0.113 e. The predicted molar refractivity (Wildman–Crippen MR) is 66.2 cm³/mol. The Hall–Kier alpha value is -1.90. The zero-order valence-electron chi connectivity index (χ0n) is 9.21. The number of benzene rings is 1. The second-order valence-corrected chi connectivity index (χ2v) is 3.69. The fourth-order valence-corrected chi connectivity index (χ4v) is 1.76. The molecule has 0 saturated carbocycles. The van der Waals surface area contributed by atoms with Crippen LogP contribution in [0.4, 0.5) is 0 Å². The molecule has 0 radical (unpaired) electrons. The van der Waals surface area contributed by atoms with Gasteiger partial charge in [-0.25, -0.2) is 4.68 Å². The lowest BCUT2D eigenvalue weighted by Gasteiger charge is -2.11. The van der Waals surface area contributed by atoms with Crippen molar-refractivity contribution in [2.24, 2.45) is 0 Å². The first-order chi connectivity index (χ1) is 7.86. The van der Waals surface area contributed by atoms with Gasteiger partial charge in [0.15, 0.2) is 0 Å². The average molecular weight is 213 g/mol. The van der Waals surface area contributed by atoms with Crippen molar-refractivity contribution < 1.29 is 0 Å². The van der Waals surface area contributed by atoms with E-state index in [0.29, 0.717) is 0 Å². The van der Waals surface area contributed by atoms with Crippen molar-refractivity contribution in [3.8, 4) is 0 Å². The summed E-state index contributed by atoms with van der Waals surface area (Å²) >= 11 is 0. The van der Waals surface area contributed by atoms with Gasteiger partial charge in [0.05, 0.1) is 11.6 Å². The molecule has 0 saturated heterocycles. The second-order valence-electron chi connectivity index (χ2n) is 3.69. The van der Waals surface area contributed by atoms with E-state index in [1.807, 2.05) is 41.1 Å². The van der Waals surface area contributed by atoms with Gasteiger partial charge >= 0.3 is 0 Å². The molecule has 3 nitrogen and oxygen atoms in total. The van der Waals surface area contributed by atoms with Crippen LogP contribution in [0.5, 0.6) is 0 Å². The van der Waals surface area contributed by atoms with Gasteiger partial charge in [-0.2, -0.15) is 0 Å². The Morgan fingerprint density at radius 3 is 2.88 bits per heavy atom. The normalized spacial score (nSPS) is 12.5. The standard InChI is InChI=1S/C13H15N3/c1-3-5-8-11(4-2)16-13-10-7-6-9-12(13)14-15-16/h3-4,6-7,9-11H,1-2,5,8H2. The molecule has 0 aliphatic heterocycles. The van der Waals surface area contributed by atoms with E-state index in [2.05, 4.69) is 23.5 Å². The maximum Gasteiger partial charge on any atom is 0.113 e. The van der Waals surface area contributed by atoms with Crippen molar-refractivity contribution >= 4 is 11.0 Å². The maximum atomic E-state index is 4.18. The van der Waals surface area contributed by atoms with Gasteiger partial charge < -0.3 is 0 Å². The van der Waals surface area contributed by atoms with E-state index in [0.717, 1.165) is 23.9 Å². The minimum absolute atomic E-state index is 0.186. The molecule has 1 heterocycles. The quantitative estimate of drug-likeness (QED) is 0.714. The molecule has 0 amide bonds. The molecular weight excluding hydrogens is 198 g/mol. The number of fused-ring (bicyclic) bond motifs is 1. The minimum atomic E-state index is 0.186. The number of allylic oxidation sites excluding steroid dienone is 2. The van der Waals surface area contributed by atoms with Crippen LogP contribution in [0.25, 0.3) is 11.0 Å². The summed E-state index contributed by atoms with van der Waals surface area (Å²) in [5, 5.41) is 8.32. The summed E-state index contributed by atoms with van der Waals surface area (Å²) in [5.74, 6) is 0. The molecule has 0 spiro atoms. The molecule has 16 heavy (non-hydrogen) atoms. The molecule has 82 valence electrons. The highest BCUT2D eigenvalue weighted by atomic mass is 15.4. The number of hydrogen-bond donors (Lipinski definition) is 0. The topological polar surface area (TPSA) is 30.7 Å². The van der Waals surface area contributed by atoms with Crippen molar-refractivity contribution in [3.05, 3.63) is 49.6 Å². The third-order valence-electron chi connectivity index (χ3n) is 2.63. The highest BCUT2D eigenvalue weighted by Crippen LogP contribution is 2.20. The summed E-state index contributed by atoms with van der Waals surface area (Å²) in [7, 11) is 0. The van der Waals surface area contributed by atoms with E-state index in [4.69, 9.17) is 0 Å². The van der Waals surface area contributed by atoms with Crippen molar-refractivity contribution in [2.45, 2.75) is 18.9 Å². The Labute approximate surface area is 95.1 Å². The van der Waals surface area contributed by atoms with Crippen LogP contribution >= 0.6 is 0 Å². The van der Waals surface area contributed by atoms with Gasteiger partial charge in [0.2, 0.25) is 0 Å². The van der Waals surface area contributed by atoms with E-state index in [1.165, 1.54) is 0 Å². The highest BCUT2D eigenvalue weighted by molar-refractivity contribution is 5.74.